The Hall–Kier alpha value is -2.40. The SMILES string of the molecule is CSc1ccc(C(=O)N(C)Cc2c(C)nn(C3CCS(=O)(=O)C3)c2C)cc1[N+](=O)[O-]. The van der Waals surface area contributed by atoms with Crippen molar-refractivity contribution in [2.24, 2.45) is 0 Å². The molecule has 0 radical (unpaired) electrons. The molecular weight excluding hydrogens is 428 g/mol. The average Bonchev–Trinajstić information content (AvgIpc) is 3.19. The summed E-state index contributed by atoms with van der Waals surface area (Å²) < 4.78 is 25.4. The molecule has 162 valence electrons. The second kappa shape index (κ2) is 8.38. The first-order chi connectivity index (χ1) is 14.0. The summed E-state index contributed by atoms with van der Waals surface area (Å²) in [5.74, 6) is -0.0934. The summed E-state index contributed by atoms with van der Waals surface area (Å²) in [5.41, 5.74) is 2.57. The Morgan fingerprint density at radius 1 is 1.40 bits per heavy atom. The first kappa shape index (κ1) is 22.3. The van der Waals surface area contributed by atoms with E-state index in [0.717, 1.165) is 17.0 Å². The molecule has 1 amide bonds. The average molecular weight is 453 g/mol. The van der Waals surface area contributed by atoms with E-state index in [-0.39, 0.29) is 41.3 Å². The molecular formula is C19H24N4O5S2. The molecule has 0 bridgehead atoms. The lowest BCUT2D eigenvalue weighted by Crippen LogP contribution is -2.27. The highest BCUT2D eigenvalue weighted by Gasteiger charge is 2.31. The molecule has 1 fully saturated rings. The molecule has 1 aromatic heterocycles. The molecule has 11 heteroatoms. The Kier molecular flexibility index (Phi) is 6.23. The van der Waals surface area contributed by atoms with Gasteiger partial charge in [0.2, 0.25) is 0 Å². The predicted octanol–water partition coefficient (Wildman–Crippen LogP) is 2.76. The van der Waals surface area contributed by atoms with E-state index in [1.165, 1.54) is 22.7 Å². The van der Waals surface area contributed by atoms with Crippen LogP contribution in [-0.4, -0.2) is 58.7 Å². The minimum atomic E-state index is -3.04. The summed E-state index contributed by atoms with van der Waals surface area (Å²) in [6.07, 6.45) is 2.28. The molecule has 30 heavy (non-hydrogen) atoms. The number of hydrogen-bond donors (Lipinski definition) is 0. The van der Waals surface area contributed by atoms with Crippen molar-refractivity contribution in [3.63, 3.8) is 0 Å². The monoisotopic (exact) mass is 452 g/mol. The van der Waals surface area contributed by atoms with Crippen LogP contribution in [0.25, 0.3) is 0 Å². The van der Waals surface area contributed by atoms with Gasteiger partial charge in [-0.3, -0.25) is 19.6 Å². The quantitative estimate of drug-likeness (QED) is 0.376. The number of carbonyl (C=O) groups is 1. The number of nitrogens with zero attached hydrogens (tertiary/aromatic N) is 4. The van der Waals surface area contributed by atoms with Crippen molar-refractivity contribution in [1.29, 1.82) is 0 Å². The summed E-state index contributed by atoms with van der Waals surface area (Å²) in [6.45, 7) is 3.98. The zero-order valence-corrected chi connectivity index (χ0v) is 18.9. The van der Waals surface area contributed by atoms with Crippen LogP contribution >= 0.6 is 11.8 Å². The van der Waals surface area contributed by atoms with Crippen molar-refractivity contribution in [1.82, 2.24) is 14.7 Å². The van der Waals surface area contributed by atoms with Crippen molar-refractivity contribution in [2.75, 3.05) is 24.8 Å². The van der Waals surface area contributed by atoms with Gasteiger partial charge in [-0.2, -0.15) is 5.10 Å². The van der Waals surface area contributed by atoms with Gasteiger partial charge in [0.1, 0.15) is 0 Å². The van der Waals surface area contributed by atoms with E-state index in [9.17, 15) is 23.3 Å². The van der Waals surface area contributed by atoms with Gasteiger partial charge >= 0.3 is 0 Å². The maximum absolute atomic E-state index is 12.9. The zero-order chi connectivity index (χ0) is 22.2. The number of sulfone groups is 1. The van der Waals surface area contributed by atoms with Gasteiger partial charge in [-0.1, -0.05) is 0 Å². The summed E-state index contributed by atoms with van der Waals surface area (Å²) in [4.78, 5) is 25.7. The molecule has 2 heterocycles. The fourth-order valence-electron chi connectivity index (χ4n) is 3.74. The molecule has 9 nitrogen and oxygen atoms in total. The van der Waals surface area contributed by atoms with Crippen LogP contribution in [0.5, 0.6) is 0 Å². The molecule has 1 saturated heterocycles. The topological polar surface area (TPSA) is 115 Å². The number of thioether (sulfide) groups is 1. The Bertz CT molecular complexity index is 1110. The van der Waals surface area contributed by atoms with Crippen molar-refractivity contribution in [2.45, 2.75) is 37.8 Å². The highest BCUT2D eigenvalue weighted by molar-refractivity contribution is 7.98. The number of benzene rings is 1. The van der Waals surface area contributed by atoms with Crippen LogP contribution in [0.1, 0.15) is 39.8 Å². The van der Waals surface area contributed by atoms with Gasteiger partial charge < -0.3 is 4.90 Å². The Balaban J connectivity index is 1.83. The second-order valence-electron chi connectivity index (χ2n) is 7.46. The van der Waals surface area contributed by atoms with E-state index >= 15 is 0 Å². The fourth-order valence-corrected chi connectivity index (χ4v) is 5.98. The van der Waals surface area contributed by atoms with E-state index < -0.39 is 14.8 Å². The van der Waals surface area contributed by atoms with Crippen LogP contribution in [-0.2, 0) is 16.4 Å². The molecule has 1 aliphatic heterocycles. The van der Waals surface area contributed by atoms with E-state index in [1.54, 1.807) is 30.1 Å². The summed E-state index contributed by atoms with van der Waals surface area (Å²) in [7, 11) is -1.40. The van der Waals surface area contributed by atoms with E-state index in [2.05, 4.69) is 5.10 Å². The largest absolute Gasteiger partial charge is 0.337 e. The highest BCUT2D eigenvalue weighted by atomic mass is 32.2. The Labute approximate surface area is 179 Å². The molecule has 0 spiro atoms. The first-order valence-electron chi connectivity index (χ1n) is 9.37. The number of nitro groups is 1. The lowest BCUT2D eigenvalue weighted by atomic mass is 10.1. The normalized spacial score (nSPS) is 17.8. The minimum absolute atomic E-state index is 0.0780. The molecule has 0 N–H and O–H groups in total. The smallest absolute Gasteiger partial charge is 0.283 e. The predicted molar refractivity (Wildman–Crippen MR) is 115 cm³/mol. The van der Waals surface area contributed by atoms with Gasteiger partial charge in [0.05, 0.1) is 33.1 Å². The number of amides is 1. The highest BCUT2D eigenvalue weighted by Crippen LogP contribution is 2.30. The fraction of sp³-hybridized carbons (Fsp3) is 0.474. The van der Waals surface area contributed by atoms with E-state index in [0.29, 0.717) is 11.3 Å². The Morgan fingerprint density at radius 2 is 2.10 bits per heavy atom. The molecule has 1 aromatic carbocycles. The lowest BCUT2D eigenvalue weighted by molar-refractivity contribution is -0.387. The van der Waals surface area contributed by atoms with Crippen molar-refractivity contribution >= 4 is 33.2 Å². The van der Waals surface area contributed by atoms with Crippen molar-refractivity contribution in [3.05, 3.63) is 50.8 Å². The number of aromatic nitrogens is 2. The third-order valence-corrected chi connectivity index (χ3v) is 7.93. The summed E-state index contributed by atoms with van der Waals surface area (Å²) in [5, 5.41) is 15.8. The minimum Gasteiger partial charge on any atom is -0.337 e. The van der Waals surface area contributed by atoms with Gasteiger partial charge in [0.25, 0.3) is 11.6 Å². The maximum Gasteiger partial charge on any atom is 0.283 e. The van der Waals surface area contributed by atoms with Gasteiger partial charge in [0, 0.05) is 36.5 Å². The number of carbonyl (C=O) groups excluding carboxylic acids is 1. The zero-order valence-electron chi connectivity index (χ0n) is 17.3. The van der Waals surface area contributed by atoms with Crippen LogP contribution in [0.4, 0.5) is 5.69 Å². The van der Waals surface area contributed by atoms with E-state index in [4.69, 9.17) is 0 Å². The molecule has 1 unspecified atom stereocenters. The lowest BCUT2D eigenvalue weighted by Gasteiger charge is -2.18. The van der Waals surface area contributed by atoms with Crippen LogP contribution in [0.3, 0.4) is 0 Å². The van der Waals surface area contributed by atoms with Gasteiger partial charge in [0.15, 0.2) is 9.84 Å². The molecule has 3 rings (SSSR count). The number of nitro benzene ring substituents is 1. The number of rotatable bonds is 6. The van der Waals surface area contributed by atoms with E-state index in [1.807, 2.05) is 13.8 Å². The third-order valence-electron chi connectivity index (χ3n) is 5.39. The maximum atomic E-state index is 12.9. The van der Waals surface area contributed by atoms with Crippen LogP contribution in [0.15, 0.2) is 23.1 Å². The Morgan fingerprint density at radius 3 is 2.67 bits per heavy atom. The number of hydrogen-bond acceptors (Lipinski definition) is 7. The van der Waals surface area contributed by atoms with Gasteiger partial charge in [-0.15, -0.1) is 11.8 Å². The molecule has 2 aromatic rings. The first-order valence-corrected chi connectivity index (χ1v) is 12.4. The van der Waals surface area contributed by atoms with Crippen LogP contribution in [0.2, 0.25) is 0 Å². The summed E-state index contributed by atoms with van der Waals surface area (Å²) >= 11 is 1.25. The van der Waals surface area contributed by atoms with Crippen LogP contribution in [0, 0.1) is 24.0 Å². The molecule has 0 aliphatic carbocycles. The standard InChI is InChI=1S/C19H24N4O5S2/c1-12-16(13(2)22(20-12)15-7-8-30(27,28)11-15)10-21(3)19(24)14-5-6-18(29-4)17(9-14)23(25)26/h5-6,9,15H,7-8,10-11H2,1-4H3. The van der Waals surface area contributed by atoms with Gasteiger partial charge in [-0.05, 0) is 38.7 Å². The van der Waals surface area contributed by atoms with Crippen molar-refractivity contribution < 1.29 is 18.1 Å². The van der Waals surface area contributed by atoms with Gasteiger partial charge in [-0.25, -0.2) is 8.42 Å². The number of aryl methyl sites for hydroxylation is 1. The van der Waals surface area contributed by atoms with Crippen molar-refractivity contribution in [3.8, 4) is 0 Å². The molecule has 1 atom stereocenters. The third kappa shape index (κ3) is 4.36. The molecule has 1 aliphatic rings. The van der Waals surface area contributed by atoms with Crippen LogP contribution < -0.4 is 0 Å². The molecule has 0 saturated carbocycles. The second-order valence-corrected chi connectivity index (χ2v) is 10.5. The summed E-state index contributed by atoms with van der Waals surface area (Å²) in [6, 6.07) is 4.28.